The number of benzene rings is 2. The SMILES string of the molecule is Cc1cccc(C(CN)OCc2ccc(Br)cc2)c1. The summed E-state index contributed by atoms with van der Waals surface area (Å²) in [5.41, 5.74) is 9.32. The fraction of sp³-hybridized carbons (Fsp3) is 0.250. The van der Waals surface area contributed by atoms with Gasteiger partial charge in [0.05, 0.1) is 12.7 Å². The molecule has 0 radical (unpaired) electrons. The van der Waals surface area contributed by atoms with Crippen LogP contribution < -0.4 is 5.73 Å². The maximum Gasteiger partial charge on any atom is 0.0951 e. The molecule has 0 fully saturated rings. The van der Waals surface area contributed by atoms with E-state index in [1.807, 2.05) is 30.3 Å². The molecule has 0 amide bonds. The lowest BCUT2D eigenvalue weighted by Crippen LogP contribution is -2.15. The lowest BCUT2D eigenvalue weighted by molar-refractivity contribution is 0.0456. The van der Waals surface area contributed by atoms with Gasteiger partial charge in [-0.05, 0) is 30.2 Å². The van der Waals surface area contributed by atoms with Crippen LogP contribution in [0.1, 0.15) is 22.8 Å². The van der Waals surface area contributed by atoms with Crippen molar-refractivity contribution in [2.45, 2.75) is 19.6 Å². The highest BCUT2D eigenvalue weighted by molar-refractivity contribution is 9.10. The second kappa shape index (κ2) is 6.85. The topological polar surface area (TPSA) is 35.2 Å². The standard InChI is InChI=1S/C16H18BrNO/c1-12-3-2-4-14(9-12)16(10-18)19-11-13-5-7-15(17)8-6-13/h2-9,16H,10-11,18H2,1H3. The number of rotatable bonds is 5. The van der Waals surface area contributed by atoms with Crippen molar-refractivity contribution in [2.24, 2.45) is 5.73 Å². The van der Waals surface area contributed by atoms with Gasteiger partial charge in [0, 0.05) is 11.0 Å². The molecule has 1 atom stereocenters. The second-order valence-electron chi connectivity index (χ2n) is 4.58. The monoisotopic (exact) mass is 319 g/mol. The minimum atomic E-state index is -0.0523. The van der Waals surface area contributed by atoms with Crippen molar-refractivity contribution in [3.05, 3.63) is 69.7 Å². The Morgan fingerprint density at radius 3 is 2.53 bits per heavy atom. The maximum atomic E-state index is 5.92. The highest BCUT2D eigenvalue weighted by Crippen LogP contribution is 2.20. The molecular formula is C16H18BrNO. The smallest absolute Gasteiger partial charge is 0.0951 e. The molecule has 2 N–H and O–H groups in total. The fourth-order valence-electron chi connectivity index (χ4n) is 1.95. The first-order chi connectivity index (χ1) is 9.19. The van der Waals surface area contributed by atoms with Gasteiger partial charge in [0.1, 0.15) is 0 Å². The molecule has 0 saturated carbocycles. The van der Waals surface area contributed by atoms with Gasteiger partial charge in [0.25, 0.3) is 0 Å². The third-order valence-corrected chi connectivity index (χ3v) is 3.52. The summed E-state index contributed by atoms with van der Waals surface area (Å²) in [6, 6.07) is 16.4. The Morgan fingerprint density at radius 1 is 1.16 bits per heavy atom. The Kier molecular flexibility index (Phi) is 5.14. The number of aryl methyl sites for hydroxylation is 1. The predicted molar refractivity (Wildman–Crippen MR) is 81.9 cm³/mol. The van der Waals surface area contributed by atoms with Crippen molar-refractivity contribution in [2.75, 3.05) is 6.54 Å². The van der Waals surface area contributed by atoms with Gasteiger partial charge < -0.3 is 10.5 Å². The van der Waals surface area contributed by atoms with Gasteiger partial charge in [-0.1, -0.05) is 57.9 Å². The summed E-state index contributed by atoms with van der Waals surface area (Å²) in [5.74, 6) is 0. The molecule has 0 aliphatic carbocycles. The van der Waals surface area contributed by atoms with Crippen molar-refractivity contribution in [1.29, 1.82) is 0 Å². The van der Waals surface area contributed by atoms with Crippen LogP contribution in [0.2, 0.25) is 0 Å². The zero-order valence-corrected chi connectivity index (χ0v) is 12.6. The molecular weight excluding hydrogens is 302 g/mol. The van der Waals surface area contributed by atoms with E-state index in [9.17, 15) is 0 Å². The quantitative estimate of drug-likeness (QED) is 0.904. The number of hydrogen-bond donors (Lipinski definition) is 1. The van der Waals surface area contributed by atoms with E-state index in [4.69, 9.17) is 10.5 Å². The Hall–Kier alpha value is -1.16. The molecule has 0 bridgehead atoms. The molecule has 0 saturated heterocycles. The van der Waals surface area contributed by atoms with E-state index in [2.05, 4.69) is 41.1 Å². The van der Waals surface area contributed by atoms with Crippen LogP contribution in [0.25, 0.3) is 0 Å². The summed E-state index contributed by atoms with van der Waals surface area (Å²) in [6.07, 6.45) is -0.0523. The van der Waals surface area contributed by atoms with Gasteiger partial charge in [-0.15, -0.1) is 0 Å². The zero-order chi connectivity index (χ0) is 13.7. The van der Waals surface area contributed by atoms with Crippen molar-refractivity contribution >= 4 is 15.9 Å². The highest BCUT2D eigenvalue weighted by Gasteiger charge is 2.10. The Balaban J connectivity index is 2.01. The third-order valence-electron chi connectivity index (χ3n) is 2.99. The number of ether oxygens (including phenoxy) is 1. The van der Waals surface area contributed by atoms with Crippen LogP contribution in [-0.4, -0.2) is 6.54 Å². The Morgan fingerprint density at radius 2 is 1.89 bits per heavy atom. The predicted octanol–water partition coefficient (Wildman–Crippen LogP) is 3.97. The van der Waals surface area contributed by atoms with Gasteiger partial charge >= 0.3 is 0 Å². The van der Waals surface area contributed by atoms with Gasteiger partial charge in [-0.3, -0.25) is 0 Å². The van der Waals surface area contributed by atoms with E-state index in [1.165, 1.54) is 5.56 Å². The van der Waals surface area contributed by atoms with Crippen molar-refractivity contribution in [3.63, 3.8) is 0 Å². The minimum Gasteiger partial charge on any atom is -0.368 e. The molecule has 0 aliphatic heterocycles. The zero-order valence-electron chi connectivity index (χ0n) is 11.0. The maximum absolute atomic E-state index is 5.92. The van der Waals surface area contributed by atoms with Gasteiger partial charge in [-0.25, -0.2) is 0 Å². The van der Waals surface area contributed by atoms with Crippen molar-refractivity contribution in [3.8, 4) is 0 Å². The normalized spacial score (nSPS) is 12.4. The average molecular weight is 320 g/mol. The molecule has 2 aromatic carbocycles. The summed E-state index contributed by atoms with van der Waals surface area (Å²) in [4.78, 5) is 0. The molecule has 0 aliphatic rings. The van der Waals surface area contributed by atoms with Crippen LogP contribution in [0.15, 0.2) is 53.0 Å². The van der Waals surface area contributed by atoms with E-state index < -0.39 is 0 Å². The summed E-state index contributed by atoms with van der Waals surface area (Å²) in [5, 5.41) is 0. The molecule has 19 heavy (non-hydrogen) atoms. The van der Waals surface area contributed by atoms with Crippen LogP contribution in [0.5, 0.6) is 0 Å². The van der Waals surface area contributed by atoms with Crippen LogP contribution in [-0.2, 0) is 11.3 Å². The van der Waals surface area contributed by atoms with Gasteiger partial charge in [0.2, 0.25) is 0 Å². The lowest BCUT2D eigenvalue weighted by atomic mass is 10.1. The summed E-state index contributed by atoms with van der Waals surface area (Å²) >= 11 is 3.42. The molecule has 100 valence electrons. The number of halogens is 1. The molecule has 2 nitrogen and oxygen atoms in total. The van der Waals surface area contributed by atoms with E-state index in [-0.39, 0.29) is 6.10 Å². The molecule has 0 heterocycles. The second-order valence-corrected chi connectivity index (χ2v) is 5.49. The van der Waals surface area contributed by atoms with E-state index in [0.717, 1.165) is 15.6 Å². The Bertz CT molecular complexity index is 525. The van der Waals surface area contributed by atoms with Crippen molar-refractivity contribution < 1.29 is 4.74 Å². The highest BCUT2D eigenvalue weighted by atomic mass is 79.9. The Labute approximate surface area is 122 Å². The van der Waals surface area contributed by atoms with Crippen molar-refractivity contribution in [1.82, 2.24) is 0 Å². The lowest BCUT2D eigenvalue weighted by Gasteiger charge is -2.17. The fourth-order valence-corrected chi connectivity index (χ4v) is 2.21. The van der Waals surface area contributed by atoms with Crippen LogP contribution >= 0.6 is 15.9 Å². The first-order valence-corrected chi connectivity index (χ1v) is 7.11. The van der Waals surface area contributed by atoms with Crippen LogP contribution in [0.3, 0.4) is 0 Å². The van der Waals surface area contributed by atoms with Gasteiger partial charge in [-0.2, -0.15) is 0 Å². The largest absolute Gasteiger partial charge is 0.368 e. The minimum absolute atomic E-state index is 0.0523. The van der Waals surface area contributed by atoms with E-state index >= 15 is 0 Å². The number of hydrogen-bond acceptors (Lipinski definition) is 2. The number of nitrogens with two attached hydrogens (primary N) is 1. The molecule has 2 rings (SSSR count). The van der Waals surface area contributed by atoms with Crippen LogP contribution in [0.4, 0.5) is 0 Å². The summed E-state index contributed by atoms with van der Waals surface area (Å²) in [7, 11) is 0. The molecule has 2 aromatic rings. The third kappa shape index (κ3) is 4.16. The first kappa shape index (κ1) is 14.3. The molecule has 0 aromatic heterocycles. The first-order valence-electron chi connectivity index (χ1n) is 6.31. The van der Waals surface area contributed by atoms with E-state index in [1.54, 1.807) is 0 Å². The van der Waals surface area contributed by atoms with Crippen LogP contribution in [0, 0.1) is 6.92 Å². The molecule has 0 spiro atoms. The summed E-state index contributed by atoms with van der Waals surface area (Å²) < 4.78 is 6.99. The molecule has 1 unspecified atom stereocenters. The molecule has 3 heteroatoms. The van der Waals surface area contributed by atoms with E-state index in [0.29, 0.717) is 13.2 Å². The average Bonchev–Trinajstić information content (AvgIpc) is 2.42. The van der Waals surface area contributed by atoms with Gasteiger partial charge in [0.15, 0.2) is 0 Å². The summed E-state index contributed by atoms with van der Waals surface area (Å²) in [6.45, 7) is 3.13.